The Kier molecular flexibility index (Phi) is 3.40. The summed E-state index contributed by atoms with van der Waals surface area (Å²) in [5, 5.41) is 7.44. The van der Waals surface area contributed by atoms with Crippen LogP contribution in [0.1, 0.15) is 37.8 Å². The van der Waals surface area contributed by atoms with Crippen molar-refractivity contribution in [3.05, 3.63) is 34.0 Å². The van der Waals surface area contributed by atoms with E-state index in [1.165, 1.54) is 45.9 Å². The Morgan fingerprint density at radius 3 is 1.61 bits per heavy atom. The van der Waals surface area contributed by atoms with Gasteiger partial charge in [0, 0.05) is 20.2 Å². The van der Waals surface area contributed by atoms with Gasteiger partial charge in [0.25, 0.3) is 0 Å². The maximum atomic E-state index is 2.30. The van der Waals surface area contributed by atoms with Gasteiger partial charge in [0.1, 0.15) is 0 Å². The summed E-state index contributed by atoms with van der Waals surface area (Å²) in [6.07, 6.45) is 4.92. The van der Waals surface area contributed by atoms with Crippen molar-refractivity contribution in [3.8, 4) is 0 Å². The van der Waals surface area contributed by atoms with Gasteiger partial charge < -0.3 is 0 Å². The summed E-state index contributed by atoms with van der Waals surface area (Å²) in [6, 6.07) is 4.59. The summed E-state index contributed by atoms with van der Waals surface area (Å²) in [5.41, 5.74) is 3.25. The molecular formula is C16H18S2. The van der Waals surface area contributed by atoms with E-state index in [9.17, 15) is 0 Å². The van der Waals surface area contributed by atoms with Crippen molar-refractivity contribution in [1.82, 2.24) is 0 Å². The fourth-order valence-electron chi connectivity index (χ4n) is 2.81. The van der Waals surface area contributed by atoms with Crippen molar-refractivity contribution in [3.63, 3.8) is 0 Å². The number of rotatable bonds is 4. The third kappa shape index (κ3) is 1.79. The SMILES string of the molecule is CCCc1c(CCC)c2sccc2c2ccsc12. The van der Waals surface area contributed by atoms with Crippen LogP contribution in [0, 0.1) is 0 Å². The number of thiophene rings is 2. The van der Waals surface area contributed by atoms with Crippen molar-refractivity contribution in [2.45, 2.75) is 39.5 Å². The van der Waals surface area contributed by atoms with Crippen molar-refractivity contribution in [2.75, 3.05) is 0 Å². The molecule has 94 valence electrons. The molecule has 3 rings (SSSR count). The standard InChI is InChI=1S/C16H18S2/c1-3-5-11-12(6-4-2)16-14(8-10-18-16)13-7-9-17-15(11)13/h7-10H,3-6H2,1-2H3. The van der Waals surface area contributed by atoms with E-state index >= 15 is 0 Å². The Labute approximate surface area is 116 Å². The van der Waals surface area contributed by atoms with Crippen LogP contribution in [0.15, 0.2) is 22.9 Å². The van der Waals surface area contributed by atoms with Gasteiger partial charge in [-0.15, -0.1) is 22.7 Å². The van der Waals surface area contributed by atoms with Crippen LogP contribution in [0.5, 0.6) is 0 Å². The highest BCUT2D eigenvalue weighted by Gasteiger charge is 2.14. The second-order valence-corrected chi connectivity index (χ2v) is 6.62. The summed E-state index contributed by atoms with van der Waals surface area (Å²) in [4.78, 5) is 0. The highest BCUT2D eigenvalue weighted by atomic mass is 32.1. The molecule has 0 atom stereocenters. The lowest BCUT2D eigenvalue weighted by atomic mass is 9.96. The second kappa shape index (κ2) is 5.02. The molecule has 0 fully saturated rings. The lowest BCUT2D eigenvalue weighted by Crippen LogP contribution is -1.95. The molecule has 0 saturated heterocycles. The first-order valence-corrected chi connectivity index (χ1v) is 8.50. The van der Waals surface area contributed by atoms with E-state index in [2.05, 4.69) is 36.7 Å². The van der Waals surface area contributed by atoms with Crippen LogP contribution in [0.25, 0.3) is 20.2 Å². The maximum absolute atomic E-state index is 2.30. The van der Waals surface area contributed by atoms with Gasteiger partial charge in [-0.25, -0.2) is 0 Å². The molecule has 18 heavy (non-hydrogen) atoms. The predicted molar refractivity (Wildman–Crippen MR) is 85.2 cm³/mol. The minimum absolute atomic E-state index is 1.22. The van der Waals surface area contributed by atoms with Crippen LogP contribution in [0.4, 0.5) is 0 Å². The van der Waals surface area contributed by atoms with E-state index in [1.54, 1.807) is 11.1 Å². The topological polar surface area (TPSA) is 0 Å². The molecule has 0 unspecified atom stereocenters. The number of hydrogen-bond donors (Lipinski definition) is 0. The van der Waals surface area contributed by atoms with E-state index in [0.29, 0.717) is 0 Å². The average Bonchev–Trinajstić information content (AvgIpc) is 3.00. The third-order valence-electron chi connectivity index (χ3n) is 3.53. The van der Waals surface area contributed by atoms with Gasteiger partial charge in [-0.1, -0.05) is 26.7 Å². The first-order valence-electron chi connectivity index (χ1n) is 6.74. The molecule has 2 heteroatoms. The van der Waals surface area contributed by atoms with Crippen LogP contribution in [0.3, 0.4) is 0 Å². The molecule has 0 aliphatic carbocycles. The average molecular weight is 274 g/mol. The molecule has 3 aromatic rings. The monoisotopic (exact) mass is 274 g/mol. The molecule has 0 aliphatic heterocycles. The molecule has 0 aliphatic rings. The Bertz CT molecular complexity index is 613. The third-order valence-corrected chi connectivity index (χ3v) is 5.48. The molecule has 1 aromatic carbocycles. The Morgan fingerprint density at radius 2 is 1.22 bits per heavy atom. The summed E-state index contributed by atoms with van der Waals surface area (Å²) in [6.45, 7) is 4.57. The van der Waals surface area contributed by atoms with Crippen molar-refractivity contribution < 1.29 is 0 Å². The molecule has 0 N–H and O–H groups in total. The summed E-state index contributed by atoms with van der Waals surface area (Å²) < 4.78 is 3.07. The molecule has 0 amide bonds. The number of fused-ring (bicyclic) bond motifs is 3. The molecule has 0 saturated carbocycles. The zero-order chi connectivity index (χ0) is 12.5. The Hall–Kier alpha value is -0.860. The summed E-state index contributed by atoms with van der Waals surface area (Å²) in [5.74, 6) is 0. The van der Waals surface area contributed by atoms with Crippen LogP contribution in [-0.2, 0) is 12.8 Å². The van der Waals surface area contributed by atoms with Gasteiger partial charge >= 0.3 is 0 Å². The van der Waals surface area contributed by atoms with Crippen LogP contribution in [-0.4, -0.2) is 0 Å². The minimum Gasteiger partial charge on any atom is -0.143 e. The van der Waals surface area contributed by atoms with Crippen LogP contribution < -0.4 is 0 Å². The number of hydrogen-bond acceptors (Lipinski definition) is 2. The summed E-state index contributed by atoms with van der Waals surface area (Å²) in [7, 11) is 0. The van der Waals surface area contributed by atoms with E-state index in [4.69, 9.17) is 0 Å². The molecule has 0 spiro atoms. The molecule has 2 heterocycles. The zero-order valence-electron chi connectivity index (χ0n) is 11.0. The second-order valence-electron chi connectivity index (χ2n) is 4.78. The zero-order valence-corrected chi connectivity index (χ0v) is 12.6. The van der Waals surface area contributed by atoms with Crippen LogP contribution >= 0.6 is 22.7 Å². The van der Waals surface area contributed by atoms with Gasteiger partial charge in [0.2, 0.25) is 0 Å². The Balaban J connectivity index is 2.41. The highest BCUT2D eigenvalue weighted by molar-refractivity contribution is 7.19. The number of benzene rings is 1. The summed E-state index contributed by atoms with van der Waals surface area (Å²) >= 11 is 3.83. The smallest absolute Gasteiger partial charge is 0.0384 e. The van der Waals surface area contributed by atoms with E-state index < -0.39 is 0 Å². The first kappa shape index (κ1) is 12.2. The lowest BCUT2D eigenvalue weighted by Gasteiger charge is -2.12. The maximum Gasteiger partial charge on any atom is 0.0384 e. The quantitative estimate of drug-likeness (QED) is 0.545. The fourth-order valence-corrected chi connectivity index (χ4v) is 4.84. The molecule has 0 nitrogen and oxygen atoms in total. The lowest BCUT2D eigenvalue weighted by molar-refractivity contribution is 0.877. The van der Waals surface area contributed by atoms with Crippen molar-refractivity contribution in [1.29, 1.82) is 0 Å². The van der Waals surface area contributed by atoms with Crippen molar-refractivity contribution in [2.24, 2.45) is 0 Å². The van der Waals surface area contributed by atoms with E-state index in [0.717, 1.165) is 0 Å². The van der Waals surface area contributed by atoms with Gasteiger partial charge in [0.15, 0.2) is 0 Å². The first-order chi connectivity index (χ1) is 8.86. The van der Waals surface area contributed by atoms with Gasteiger partial charge in [0.05, 0.1) is 0 Å². The van der Waals surface area contributed by atoms with Gasteiger partial charge in [-0.3, -0.25) is 0 Å². The molecular weight excluding hydrogens is 256 g/mol. The van der Waals surface area contributed by atoms with Gasteiger partial charge in [-0.2, -0.15) is 0 Å². The van der Waals surface area contributed by atoms with Crippen LogP contribution in [0.2, 0.25) is 0 Å². The number of aryl methyl sites for hydroxylation is 2. The van der Waals surface area contributed by atoms with Gasteiger partial charge in [-0.05, 0) is 46.9 Å². The predicted octanol–water partition coefficient (Wildman–Crippen LogP) is 6.02. The van der Waals surface area contributed by atoms with Crippen molar-refractivity contribution >= 4 is 42.8 Å². The molecule has 2 aromatic heterocycles. The fraction of sp³-hybridized carbons (Fsp3) is 0.375. The largest absolute Gasteiger partial charge is 0.143 e. The van der Waals surface area contributed by atoms with E-state index in [-0.39, 0.29) is 0 Å². The molecule has 0 radical (unpaired) electrons. The minimum atomic E-state index is 1.22. The molecule has 0 bridgehead atoms. The Morgan fingerprint density at radius 1 is 0.778 bits per heavy atom. The normalized spacial score (nSPS) is 11.7. The highest BCUT2D eigenvalue weighted by Crippen LogP contribution is 2.39. The van der Waals surface area contributed by atoms with E-state index in [1.807, 2.05) is 22.7 Å².